The Hall–Kier alpha value is -5.29. The molecular formula is C34H27F2N3O5S. The number of hydrogen-bond acceptors (Lipinski definition) is 5. The standard InChI is InChI=1S/C34H27F2N3O5S/c1-37-33(40)31-28-17-26(29(38(2)45(3,42)43)18-30(28)44-32(31)22-8-12-25(36)13-9-22)23-7-6-21-14-15-39(34(41)27(21)16-23)19-20-4-10-24(35)11-5-20/h4-18H,19H2,1-3H3,(H,37,40). The number of carbonyl (C=O) groups excluding carboxylic acids is 1. The molecule has 0 aliphatic rings. The molecule has 0 saturated carbocycles. The van der Waals surface area contributed by atoms with Crippen LogP contribution >= 0.6 is 0 Å². The van der Waals surface area contributed by atoms with Crippen LogP contribution in [0.1, 0.15) is 15.9 Å². The number of carbonyl (C=O) groups is 1. The summed E-state index contributed by atoms with van der Waals surface area (Å²) in [5, 5.41) is 4.08. The number of nitrogens with zero attached hydrogens (tertiary/aromatic N) is 2. The zero-order valence-electron chi connectivity index (χ0n) is 24.5. The zero-order valence-corrected chi connectivity index (χ0v) is 25.3. The first kappa shape index (κ1) is 29.8. The van der Waals surface area contributed by atoms with E-state index in [0.717, 1.165) is 16.1 Å². The molecule has 0 bridgehead atoms. The summed E-state index contributed by atoms with van der Waals surface area (Å²) in [6.07, 6.45) is 2.73. The number of nitrogens with one attached hydrogen (secondary N) is 1. The van der Waals surface area contributed by atoms with Gasteiger partial charge in [0, 0.05) is 48.3 Å². The van der Waals surface area contributed by atoms with Crippen LogP contribution in [0.4, 0.5) is 14.5 Å². The lowest BCUT2D eigenvalue weighted by Gasteiger charge is -2.21. The number of furan rings is 1. The summed E-state index contributed by atoms with van der Waals surface area (Å²) in [6, 6.07) is 21.6. The van der Waals surface area contributed by atoms with Crippen LogP contribution < -0.4 is 15.2 Å². The molecule has 0 atom stereocenters. The molecule has 2 aromatic heterocycles. The van der Waals surface area contributed by atoms with E-state index in [1.807, 2.05) is 0 Å². The van der Waals surface area contributed by atoms with Gasteiger partial charge in [0.1, 0.15) is 23.0 Å². The van der Waals surface area contributed by atoms with Crippen molar-refractivity contribution in [2.45, 2.75) is 6.54 Å². The minimum absolute atomic E-state index is 0.191. The summed E-state index contributed by atoms with van der Waals surface area (Å²) in [5.74, 6) is -1.09. The molecular weight excluding hydrogens is 600 g/mol. The normalized spacial score (nSPS) is 11.7. The highest BCUT2D eigenvalue weighted by molar-refractivity contribution is 7.92. The first-order chi connectivity index (χ1) is 21.4. The van der Waals surface area contributed by atoms with Crippen LogP contribution in [0.3, 0.4) is 0 Å². The largest absolute Gasteiger partial charge is 0.455 e. The molecule has 6 aromatic rings. The molecule has 0 aliphatic carbocycles. The van der Waals surface area contributed by atoms with Gasteiger partial charge in [0.15, 0.2) is 0 Å². The van der Waals surface area contributed by atoms with Gasteiger partial charge < -0.3 is 14.3 Å². The number of hydrogen-bond donors (Lipinski definition) is 1. The molecule has 45 heavy (non-hydrogen) atoms. The summed E-state index contributed by atoms with van der Waals surface area (Å²) >= 11 is 0. The van der Waals surface area contributed by atoms with E-state index in [-0.39, 0.29) is 40.5 Å². The van der Waals surface area contributed by atoms with Crippen molar-refractivity contribution in [3.05, 3.63) is 124 Å². The molecule has 0 fully saturated rings. The number of amides is 1. The number of pyridine rings is 1. The van der Waals surface area contributed by atoms with Gasteiger partial charge in [-0.25, -0.2) is 17.2 Å². The van der Waals surface area contributed by atoms with Gasteiger partial charge in [-0.1, -0.05) is 24.3 Å². The van der Waals surface area contributed by atoms with E-state index in [1.165, 1.54) is 61.1 Å². The zero-order chi connectivity index (χ0) is 32.0. The number of fused-ring (bicyclic) bond motifs is 2. The second kappa shape index (κ2) is 11.3. The fourth-order valence-corrected chi connectivity index (χ4v) is 5.82. The third-order valence-electron chi connectivity index (χ3n) is 7.76. The second-order valence-electron chi connectivity index (χ2n) is 10.7. The van der Waals surface area contributed by atoms with Crippen molar-refractivity contribution in [1.82, 2.24) is 9.88 Å². The third-order valence-corrected chi connectivity index (χ3v) is 8.95. The number of halogens is 2. The molecule has 6 rings (SSSR count). The van der Waals surface area contributed by atoms with Gasteiger partial charge in [-0.15, -0.1) is 0 Å². The fourth-order valence-electron chi connectivity index (χ4n) is 5.32. The molecule has 0 radical (unpaired) electrons. The molecule has 0 saturated heterocycles. The number of benzene rings is 4. The summed E-state index contributed by atoms with van der Waals surface area (Å²) < 4.78 is 61.4. The number of sulfonamides is 1. The molecule has 0 aliphatic heterocycles. The van der Waals surface area contributed by atoms with Crippen LogP contribution in [-0.2, 0) is 16.6 Å². The molecule has 4 aromatic carbocycles. The quantitative estimate of drug-likeness (QED) is 0.228. The maximum Gasteiger partial charge on any atom is 0.258 e. The molecule has 228 valence electrons. The van der Waals surface area contributed by atoms with Gasteiger partial charge in [0.2, 0.25) is 10.0 Å². The summed E-state index contributed by atoms with van der Waals surface area (Å²) in [5.41, 5.74) is 2.57. The van der Waals surface area contributed by atoms with Crippen LogP contribution in [0.2, 0.25) is 0 Å². The third kappa shape index (κ3) is 5.58. The highest BCUT2D eigenvalue weighted by Gasteiger charge is 2.26. The Kier molecular flexibility index (Phi) is 7.49. The van der Waals surface area contributed by atoms with E-state index in [9.17, 15) is 26.8 Å². The summed E-state index contributed by atoms with van der Waals surface area (Å²) in [6.45, 7) is 0.226. The maximum atomic E-state index is 13.7. The molecule has 2 heterocycles. The van der Waals surface area contributed by atoms with Crippen LogP contribution in [0.15, 0.2) is 100 Å². The Bertz CT molecular complexity index is 2280. The van der Waals surface area contributed by atoms with E-state index in [0.29, 0.717) is 32.8 Å². The average molecular weight is 628 g/mol. The first-order valence-electron chi connectivity index (χ1n) is 13.8. The summed E-state index contributed by atoms with van der Waals surface area (Å²) in [4.78, 5) is 26.8. The highest BCUT2D eigenvalue weighted by Crippen LogP contribution is 2.41. The Morgan fingerprint density at radius 2 is 1.53 bits per heavy atom. The average Bonchev–Trinajstić information content (AvgIpc) is 3.40. The van der Waals surface area contributed by atoms with Crippen molar-refractivity contribution in [2.75, 3.05) is 24.7 Å². The van der Waals surface area contributed by atoms with E-state index in [4.69, 9.17) is 4.42 Å². The van der Waals surface area contributed by atoms with Crippen LogP contribution in [0, 0.1) is 11.6 Å². The van der Waals surface area contributed by atoms with Crippen molar-refractivity contribution < 1.29 is 26.4 Å². The molecule has 1 N–H and O–H groups in total. The van der Waals surface area contributed by atoms with Gasteiger partial charge in [-0.3, -0.25) is 13.9 Å². The van der Waals surface area contributed by atoms with Crippen molar-refractivity contribution >= 4 is 43.4 Å². The maximum absolute atomic E-state index is 13.7. The lowest BCUT2D eigenvalue weighted by atomic mass is 9.97. The van der Waals surface area contributed by atoms with Crippen LogP contribution in [-0.4, -0.2) is 39.2 Å². The Morgan fingerprint density at radius 1 is 0.889 bits per heavy atom. The van der Waals surface area contributed by atoms with Gasteiger partial charge in [0.25, 0.3) is 11.5 Å². The van der Waals surface area contributed by atoms with Gasteiger partial charge in [-0.2, -0.15) is 0 Å². The molecule has 0 unspecified atom stereocenters. The lowest BCUT2D eigenvalue weighted by Crippen LogP contribution is -2.25. The second-order valence-corrected chi connectivity index (χ2v) is 12.7. The van der Waals surface area contributed by atoms with Gasteiger partial charge >= 0.3 is 0 Å². The van der Waals surface area contributed by atoms with Crippen molar-refractivity contribution in [3.8, 4) is 22.5 Å². The monoisotopic (exact) mass is 627 g/mol. The van der Waals surface area contributed by atoms with Crippen LogP contribution in [0.25, 0.3) is 44.2 Å². The Labute approximate surface area is 257 Å². The molecule has 0 spiro atoms. The summed E-state index contributed by atoms with van der Waals surface area (Å²) in [7, 11) is -0.875. The SMILES string of the molecule is CNC(=O)c1c(-c2ccc(F)cc2)oc2cc(N(C)S(C)(=O)=O)c(-c3ccc4ccn(Cc5ccc(F)cc5)c(=O)c4c3)cc12. The number of rotatable bonds is 7. The van der Waals surface area contributed by atoms with E-state index in [2.05, 4.69) is 5.32 Å². The Balaban J connectivity index is 1.58. The predicted molar refractivity (Wildman–Crippen MR) is 171 cm³/mol. The van der Waals surface area contributed by atoms with Gasteiger partial charge in [0.05, 0.1) is 24.1 Å². The first-order valence-corrected chi connectivity index (χ1v) is 15.7. The van der Waals surface area contributed by atoms with E-state index in [1.54, 1.807) is 48.7 Å². The number of anilines is 1. The van der Waals surface area contributed by atoms with Crippen LogP contribution in [0.5, 0.6) is 0 Å². The van der Waals surface area contributed by atoms with Crippen molar-refractivity contribution in [1.29, 1.82) is 0 Å². The molecule has 8 nitrogen and oxygen atoms in total. The predicted octanol–water partition coefficient (Wildman–Crippen LogP) is 6.16. The lowest BCUT2D eigenvalue weighted by molar-refractivity contribution is 0.0964. The molecule has 11 heteroatoms. The number of aromatic nitrogens is 1. The van der Waals surface area contributed by atoms with Crippen molar-refractivity contribution in [3.63, 3.8) is 0 Å². The topological polar surface area (TPSA) is 102 Å². The smallest absolute Gasteiger partial charge is 0.258 e. The minimum atomic E-state index is -3.75. The molecule has 1 amide bonds. The van der Waals surface area contributed by atoms with Crippen molar-refractivity contribution in [2.24, 2.45) is 0 Å². The van der Waals surface area contributed by atoms with E-state index < -0.39 is 21.7 Å². The highest BCUT2D eigenvalue weighted by atomic mass is 32.2. The van der Waals surface area contributed by atoms with Gasteiger partial charge in [-0.05, 0) is 71.1 Å². The fraction of sp³-hybridized carbons (Fsp3) is 0.118. The Morgan fingerprint density at radius 3 is 2.18 bits per heavy atom. The van der Waals surface area contributed by atoms with E-state index >= 15 is 0 Å². The minimum Gasteiger partial charge on any atom is -0.455 e.